The number of carbonyl (C=O) groups is 2. The van der Waals surface area contributed by atoms with Gasteiger partial charge in [-0.3, -0.25) is 15.0 Å². The number of alkyl halides is 1. The van der Waals surface area contributed by atoms with Crippen LogP contribution in [0.4, 0.5) is 4.39 Å². The second kappa shape index (κ2) is 3.34. The number of carbonyl (C=O) groups excluding carboxylic acids is 2. The van der Waals surface area contributed by atoms with Crippen LogP contribution in [-0.4, -0.2) is 22.1 Å². The highest BCUT2D eigenvalue weighted by molar-refractivity contribution is 9.10. The molecule has 0 fully saturated rings. The molecule has 0 aromatic heterocycles. The van der Waals surface area contributed by atoms with Crippen molar-refractivity contribution in [3.8, 4) is 0 Å². The molecule has 0 saturated heterocycles. The molecule has 1 aromatic carbocycles. The van der Waals surface area contributed by atoms with Crippen molar-refractivity contribution in [1.82, 2.24) is 0 Å². The van der Waals surface area contributed by atoms with E-state index in [1.807, 2.05) is 0 Å². The van der Waals surface area contributed by atoms with Crippen molar-refractivity contribution in [2.24, 2.45) is 0 Å². The summed E-state index contributed by atoms with van der Waals surface area (Å²) in [6.45, 7) is 0. The van der Waals surface area contributed by atoms with Crippen LogP contribution in [0.5, 0.6) is 0 Å². The maximum atomic E-state index is 13.3. The van der Waals surface area contributed by atoms with Crippen molar-refractivity contribution in [2.45, 2.75) is 4.83 Å². The first-order valence-corrected chi connectivity index (χ1v) is 5.05. The SMILES string of the molecule is N=C1C(=O)c2cccc(F)c2C(=O)C1Br. The fraction of sp³-hybridized carbons (Fsp3) is 0.100. The van der Waals surface area contributed by atoms with Crippen LogP contribution in [0.1, 0.15) is 20.7 Å². The first kappa shape index (κ1) is 10.2. The Morgan fingerprint density at radius 1 is 1.33 bits per heavy atom. The van der Waals surface area contributed by atoms with Gasteiger partial charge in [-0.15, -0.1) is 0 Å². The van der Waals surface area contributed by atoms with Crippen molar-refractivity contribution < 1.29 is 14.0 Å². The highest BCUT2D eigenvalue weighted by atomic mass is 79.9. The van der Waals surface area contributed by atoms with E-state index in [2.05, 4.69) is 15.9 Å². The van der Waals surface area contributed by atoms with E-state index in [1.165, 1.54) is 12.1 Å². The second-order valence-corrected chi connectivity index (χ2v) is 4.05. The lowest BCUT2D eigenvalue weighted by Gasteiger charge is -2.18. The quantitative estimate of drug-likeness (QED) is 0.733. The van der Waals surface area contributed by atoms with Crippen LogP contribution < -0.4 is 0 Å². The van der Waals surface area contributed by atoms with Gasteiger partial charge in [0.1, 0.15) is 16.4 Å². The van der Waals surface area contributed by atoms with E-state index in [0.29, 0.717) is 0 Å². The van der Waals surface area contributed by atoms with Crippen LogP contribution in [0.3, 0.4) is 0 Å². The predicted octanol–water partition coefficient (Wildman–Crippen LogP) is 1.99. The summed E-state index contributed by atoms with van der Waals surface area (Å²) < 4.78 is 13.3. The lowest BCUT2D eigenvalue weighted by Crippen LogP contribution is -2.37. The number of Topliss-reactive ketones (excluding diaryl/α,β-unsaturated/α-hetero) is 2. The Morgan fingerprint density at radius 2 is 2.00 bits per heavy atom. The Kier molecular flexibility index (Phi) is 2.26. The minimum atomic E-state index is -1.03. The van der Waals surface area contributed by atoms with E-state index in [9.17, 15) is 14.0 Å². The lowest BCUT2D eigenvalue weighted by atomic mass is 9.88. The van der Waals surface area contributed by atoms with Gasteiger partial charge in [-0.25, -0.2) is 4.39 Å². The number of benzene rings is 1. The van der Waals surface area contributed by atoms with Crippen molar-refractivity contribution in [3.63, 3.8) is 0 Å². The second-order valence-electron chi connectivity index (χ2n) is 3.13. The van der Waals surface area contributed by atoms with Crippen LogP contribution in [0, 0.1) is 11.2 Å². The first-order chi connectivity index (χ1) is 7.04. The molecular weight excluding hydrogens is 265 g/mol. The summed E-state index contributed by atoms with van der Waals surface area (Å²) in [7, 11) is 0. The fourth-order valence-electron chi connectivity index (χ4n) is 1.48. The maximum Gasteiger partial charge on any atom is 0.208 e. The molecule has 3 nitrogen and oxygen atoms in total. The van der Waals surface area contributed by atoms with E-state index in [4.69, 9.17) is 5.41 Å². The molecule has 0 heterocycles. The van der Waals surface area contributed by atoms with Gasteiger partial charge in [-0.05, 0) is 6.07 Å². The van der Waals surface area contributed by atoms with Crippen LogP contribution >= 0.6 is 15.9 Å². The van der Waals surface area contributed by atoms with Gasteiger partial charge in [0, 0.05) is 5.56 Å². The number of rotatable bonds is 0. The zero-order valence-corrected chi connectivity index (χ0v) is 8.97. The van der Waals surface area contributed by atoms with Gasteiger partial charge in [0.05, 0.1) is 5.56 Å². The predicted molar refractivity (Wildman–Crippen MR) is 55.5 cm³/mol. The molecule has 76 valence electrons. The van der Waals surface area contributed by atoms with E-state index >= 15 is 0 Å². The van der Waals surface area contributed by atoms with Crippen molar-refractivity contribution in [2.75, 3.05) is 0 Å². The molecule has 0 bridgehead atoms. The molecule has 0 saturated carbocycles. The summed E-state index contributed by atoms with van der Waals surface area (Å²) in [5, 5.41) is 7.39. The highest BCUT2D eigenvalue weighted by Crippen LogP contribution is 2.25. The molecule has 15 heavy (non-hydrogen) atoms. The minimum Gasteiger partial charge on any atom is -0.300 e. The summed E-state index contributed by atoms with van der Waals surface area (Å²) in [4.78, 5) is 22.1. The van der Waals surface area contributed by atoms with Gasteiger partial charge in [0.2, 0.25) is 5.78 Å². The molecule has 0 amide bonds. The number of halogens is 2. The summed E-state index contributed by atoms with van der Waals surface area (Å²) in [6, 6.07) is 3.83. The molecule has 1 aromatic rings. The standard InChI is InChI=1S/C10H5BrFNO2/c11-7-8(13)9(14)4-2-1-3-5(12)6(4)10(7)15/h1-3,7,13H. The van der Waals surface area contributed by atoms with E-state index in [1.54, 1.807) is 0 Å². The van der Waals surface area contributed by atoms with E-state index in [0.717, 1.165) is 6.07 Å². The maximum absolute atomic E-state index is 13.3. The third-order valence-corrected chi connectivity index (χ3v) is 3.11. The average molecular weight is 270 g/mol. The number of hydrogen-bond donors (Lipinski definition) is 1. The minimum absolute atomic E-state index is 0.0271. The number of fused-ring (bicyclic) bond motifs is 1. The molecule has 1 atom stereocenters. The van der Waals surface area contributed by atoms with E-state index < -0.39 is 22.2 Å². The van der Waals surface area contributed by atoms with E-state index in [-0.39, 0.29) is 16.8 Å². The molecule has 0 aliphatic heterocycles. The zero-order chi connectivity index (χ0) is 11.2. The Labute approximate surface area is 92.9 Å². The number of nitrogens with one attached hydrogen (secondary N) is 1. The summed E-state index contributed by atoms with van der Waals surface area (Å²) >= 11 is 2.90. The van der Waals surface area contributed by atoms with Crippen LogP contribution in [0.15, 0.2) is 18.2 Å². The Hall–Kier alpha value is -1.36. The topological polar surface area (TPSA) is 58.0 Å². The zero-order valence-electron chi connectivity index (χ0n) is 7.38. The van der Waals surface area contributed by atoms with Gasteiger partial charge in [-0.2, -0.15) is 0 Å². The molecule has 1 aliphatic rings. The largest absolute Gasteiger partial charge is 0.300 e. The van der Waals surface area contributed by atoms with Crippen molar-refractivity contribution in [1.29, 1.82) is 5.41 Å². The third kappa shape index (κ3) is 1.34. The van der Waals surface area contributed by atoms with Gasteiger partial charge < -0.3 is 0 Å². The lowest BCUT2D eigenvalue weighted by molar-refractivity contribution is 0.0966. The highest BCUT2D eigenvalue weighted by Gasteiger charge is 2.37. The molecule has 0 spiro atoms. The third-order valence-electron chi connectivity index (χ3n) is 2.23. The van der Waals surface area contributed by atoms with Gasteiger partial charge in [-0.1, -0.05) is 28.1 Å². The van der Waals surface area contributed by atoms with Crippen LogP contribution in [-0.2, 0) is 0 Å². The van der Waals surface area contributed by atoms with Gasteiger partial charge in [0.25, 0.3) is 0 Å². The summed E-state index contributed by atoms with van der Waals surface area (Å²) in [6.07, 6.45) is 0. The van der Waals surface area contributed by atoms with Crippen LogP contribution in [0.2, 0.25) is 0 Å². The number of ketones is 2. The molecule has 1 aliphatic carbocycles. The monoisotopic (exact) mass is 269 g/mol. The van der Waals surface area contributed by atoms with Crippen LogP contribution in [0.25, 0.3) is 0 Å². The average Bonchev–Trinajstić information content (AvgIpc) is 2.23. The first-order valence-electron chi connectivity index (χ1n) is 4.14. The summed E-state index contributed by atoms with van der Waals surface area (Å²) in [5.74, 6) is -1.90. The number of hydrogen-bond acceptors (Lipinski definition) is 3. The summed E-state index contributed by atoms with van der Waals surface area (Å²) in [5.41, 5.74) is -0.598. The molecule has 2 rings (SSSR count). The normalized spacial score (nSPS) is 20.4. The molecule has 5 heteroatoms. The van der Waals surface area contributed by atoms with Crippen molar-refractivity contribution in [3.05, 3.63) is 35.1 Å². The Morgan fingerprint density at radius 3 is 2.67 bits per heavy atom. The fourth-order valence-corrected chi connectivity index (χ4v) is 1.92. The van der Waals surface area contributed by atoms with Gasteiger partial charge >= 0.3 is 0 Å². The Bertz CT molecular complexity index is 498. The molecule has 1 N–H and O–H groups in total. The smallest absolute Gasteiger partial charge is 0.208 e. The Balaban J connectivity index is 2.75. The van der Waals surface area contributed by atoms with Gasteiger partial charge in [0.15, 0.2) is 5.78 Å². The van der Waals surface area contributed by atoms with Crippen molar-refractivity contribution >= 4 is 33.2 Å². The molecule has 1 unspecified atom stereocenters. The molecular formula is C10H5BrFNO2. The molecule has 0 radical (unpaired) electrons.